The molecule has 0 saturated heterocycles. The molecule has 0 saturated carbocycles. The molecular formula is C16H25N3O. The number of rotatable bonds is 5. The van der Waals surface area contributed by atoms with Crippen molar-refractivity contribution in [3.05, 3.63) is 29.8 Å². The first-order valence-electron chi connectivity index (χ1n) is 7.41. The van der Waals surface area contributed by atoms with Crippen LogP contribution in [0.3, 0.4) is 0 Å². The lowest BCUT2D eigenvalue weighted by molar-refractivity contribution is -0.119. The van der Waals surface area contributed by atoms with Crippen LogP contribution in [-0.4, -0.2) is 31.6 Å². The maximum absolute atomic E-state index is 12.0. The third-order valence-corrected chi connectivity index (χ3v) is 3.65. The monoisotopic (exact) mass is 275 g/mol. The maximum atomic E-state index is 12.0. The molecule has 0 bridgehead atoms. The molecule has 0 spiro atoms. The highest BCUT2D eigenvalue weighted by Gasteiger charge is 2.23. The van der Waals surface area contributed by atoms with Crippen LogP contribution in [0.4, 0.5) is 5.69 Å². The van der Waals surface area contributed by atoms with E-state index in [2.05, 4.69) is 36.2 Å². The summed E-state index contributed by atoms with van der Waals surface area (Å²) in [5.74, 6) is 0.689. The zero-order chi connectivity index (χ0) is 14.5. The third kappa shape index (κ3) is 3.97. The molecule has 4 nitrogen and oxygen atoms in total. The van der Waals surface area contributed by atoms with Crippen molar-refractivity contribution < 1.29 is 4.79 Å². The van der Waals surface area contributed by atoms with Crippen molar-refractivity contribution in [1.29, 1.82) is 0 Å². The van der Waals surface area contributed by atoms with Crippen molar-refractivity contribution in [3.63, 3.8) is 0 Å². The van der Waals surface area contributed by atoms with E-state index >= 15 is 0 Å². The number of nitrogens with one attached hydrogen (secondary N) is 1. The summed E-state index contributed by atoms with van der Waals surface area (Å²) in [5, 5.41) is 2.99. The zero-order valence-corrected chi connectivity index (χ0v) is 12.4. The molecule has 0 aliphatic carbocycles. The van der Waals surface area contributed by atoms with Gasteiger partial charge in [-0.2, -0.15) is 0 Å². The average Bonchev–Trinajstić information content (AvgIpc) is 2.38. The first kappa shape index (κ1) is 14.9. The van der Waals surface area contributed by atoms with Gasteiger partial charge in [-0.15, -0.1) is 0 Å². The molecule has 1 aliphatic rings. The summed E-state index contributed by atoms with van der Waals surface area (Å²) in [4.78, 5) is 14.1. The zero-order valence-electron chi connectivity index (χ0n) is 12.4. The topological polar surface area (TPSA) is 58.4 Å². The fourth-order valence-electron chi connectivity index (χ4n) is 2.60. The lowest BCUT2D eigenvalue weighted by Crippen LogP contribution is -2.47. The largest absolute Gasteiger partial charge is 0.360 e. The standard InChI is InChI=1S/C16H25N3O/c1-12(2)7-8-18-16(20)11-19-10-14(17)9-13-5-3-4-6-15(13)19/h3-6,12,14H,7-11,17H2,1-2H3,(H,18,20). The van der Waals surface area contributed by atoms with Crippen LogP contribution in [0.25, 0.3) is 0 Å². The number of carbonyl (C=O) groups is 1. The number of amides is 1. The van der Waals surface area contributed by atoms with Crippen molar-refractivity contribution in [1.82, 2.24) is 5.32 Å². The van der Waals surface area contributed by atoms with Crippen LogP contribution in [0.1, 0.15) is 25.8 Å². The molecule has 1 heterocycles. The molecule has 110 valence electrons. The van der Waals surface area contributed by atoms with Crippen LogP contribution in [0.5, 0.6) is 0 Å². The number of benzene rings is 1. The molecular weight excluding hydrogens is 250 g/mol. The summed E-state index contributed by atoms with van der Waals surface area (Å²) in [6.45, 7) is 6.20. The highest BCUT2D eigenvalue weighted by atomic mass is 16.2. The van der Waals surface area contributed by atoms with Crippen LogP contribution in [0.15, 0.2) is 24.3 Å². The quantitative estimate of drug-likeness (QED) is 0.857. The van der Waals surface area contributed by atoms with Crippen molar-refractivity contribution in [3.8, 4) is 0 Å². The molecule has 0 radical (unpaired) electrons. The second-order valence-corrected chi connectivity index (χ2v) is 6.01. The van der Waals surface area contributed by atoms with Gasteiger partial charge in [-0.3, -0.25) is 4.79 Å². The summed E-state index contributed by atoms with van der Waals surface area (Å²) in [6, 6.07) is 8.31. The molecule has 0 fully saturated rings. The summed E-state index contributed by atoms with van der Waals surface area (Å²) in [5.41, 5.74) is 8.47. The Morgan fingerprint density at radius 1 is 1.45 bits per heavy atom. The van der Waals surface area contributed by atoms with Gasteiger partial charge >= 0.3 is 0 Å². The minimum Gasteiger partial charge on any atom is -0.360 e. The Bertz CT molecular complexity index is 459. The van der Waals surface area contributed by atoms with Crippen molar-refractivity contribution in [2.24, 2.45) is 11.7 Å². The number of para-hydroxylation sites is 1. The Morgan fingerprint density at radius 3 is 2.95 bits per heavy atom. The highest BCUT2D eigenvalue weighted by Crippen LogP contribution is 2.25. The van der Waals surface area contributed by atoms with Crippen LogP contribution >= 0.6 is 0 Å². The van der Waals surface area contributed by atoms with Gasteiger partial charge in [-0.1, -0.05) is 32.0 Å². The molecule has 1 aromatic rings. The Balaban J connectivity index is 1.94. The number of anilines is 1. The Labute approximate surface area is 121 Å². The Morgan fingerprint density at radius 2 is 2.20 bits per heavy atom. The van der Waals surface area contributed by atoms with Crippen LogP contribution < -0.4 is 16.0 Å². The molecule has 2 rings (SSSR count). The summed E-state index contributed by atoms with van der Waals surface area (Å²) in [6.07, 6.45) is 1.91. The van der Waals surface area contributed by atoms with Gasteiger partial charge in [0.2, 0.25) is 5.91 Å². The van der Waals surface area contributed by atoms with Gasteiger partial charge in [0.05, 0.1) is 6.54 Å². The van der Waals surface area contributed by atoms with Gasteiger partial charge in [0, 0.05) is 24.8 Å². The first-order chi connectivity index (χ1) is 9.56. The van der Waals surface area contributed by atoms with Gasteiger partial charge in [0.25, 0.3) is 0 Å². The second-order valence-electron chi connectivity index (χ2n) is 6.01. The molecule has 3 N–H and O–H groups in total. The van der Waals surface area contributed by atoms with Gasteiger partial charge in [0.1, 0.15) is 0 Å². The highest BCUT2D eigenvalue weighted by molar-refractivity contribution is 5.82. The van der Waals surface area contributed by atoms with Crippen molar-refractivity contribution in [2.75, 3.05) is 24.5 Å². The smallest absolute Gasteiger partial charge is 0.239 e. The van der Waals surface area contributed by atoms with Crippen molar-refractivity contribution in [2.45, 2.75) is 32.7 Å². The number of hydrogen-bond donors (Lipinski definition) is 2. The van der Waals surface area contributed by atoms with Crippen LogP contribution in [0, 0.1) is 5.92 Å². The van der Waals surface area contributed by atoms with E-state index < -0.39 is 0 Å². The first-order valence-corrected chi connectivity index (χ1v) is 7.41. The lowest BCUT2D eigenvalue weighted by atomic mass is 9.98. The van der Waals surface area contributed by atoms with Crippen LogP contribution in [0.2, 0.25) is 0 Å². The SMILES string of the molecule is CC(C)CCNC(=O)CN1CC(N)Cc2ccccc21. The van der Waals surface area contributed by atoms with Crippen molar-refractivity contribution >= 4 is 11.6 Å². The second kappa shape index (κ2) is 6.75. The number of fused-ring (bicyclic) bond motifs is 1. The van der Waals surface area contributed by atoms with Gasteiger partial charge in [0.15, 0.2) is 0 Å². The number of nitrogens with zero attached hydrogens (tertiary/aromatic N) is 1. The van der Waals surface area contributed by atoms with E-state index in [-0.39, 0.29) is 11.9 Å². The van der Waals surface area contributed by atoms with Crippen LogP contribution in [-0.2, 0) is 11.2 Å². The summed E-state index contributed by atoms with van der Waals surface area (Å²) in [7, 11) is 0. The molecule has 1 aliphatic heterocycles. The summed E-state index contributed by atoms with van der Waals surface area (Å²) >= 11 is 0. The Kier molecular flexibility index (Phi) is 5.01. The maximum Gasteiger partial charge on any atom is 0.239 e. The van der Waals surface area contributed by atoms with E-state index in [1.54, 1.807) is 0 Å². The molecule has 1 amide bonds. The normalized spacial score (nSPS) is 18.0. The fourth-order valence-corrected chi connectivity index (χ4v) is 2.60. The average molecular weight is 275 g/mol. The predicted octanol–water partition coefficient (Wildman–Crippen LogP) is 1.54. The molecule has 4 heteroatoms. The van der Waals surface area contributed by atoms with E-state index in [1.165, 1.54) is 5.56 Å². The summed E-state index contributed by atoms with van der Waals surface area (Å²) < 4.78 is 0. The molecule has 0 aromatic heterocycles. The number of carbonyl (C=O) groups excluding carboxylic acids is 1. The lowest BCUT2D eigenvalue weighted by Gasteiger charge is -2.34. The molecule has 20 heavy (non-hydrogen) atoms. The van der Waals surface area contributed by atoms with Gasteiger partial charge in [-0.25, -0.2) is 0 Å². The minimum atomic E-state index is 0.0783. The predicted molar refractivity (Wildman–Crippen MR) is 82.8 cm³/mol. The van der Waals surface area contributed by atoms with E-state index in [4.69, 9.17) is 5.73 Å². The van der Waals surface area contributed by atoms with E-state index in [9.17, 15) is 4.79 Å². The Hall–Kier alpha value is -1.55. The van der Waals surface area contributed by atoms with Gasteiger partial charge in [-0.05, 0) is 30.4 Å². The van der Waals surface area contributed by atoms with E-state index in [0.29, 0.717) is 12.5 Å². The molecule has 1 unspecified atom stereocenters. The van der Waals surface area contributed by atoms with E-state index in [0.717, 1.165) is 31.6 Å². The van der Waals surface area contributed by atoms with Gasteiger partial charge < -0.3 is 16.0 Å². The molecule has 1 aromatic carbocycles. The number of hydrogen-bond acceptors (Lipinski definition) is 3. The third-order valence-electron chi connectivity index (χ3n) is 3.65. The molecule has 1 atom stereocenters. The minimum absolute atomic E-state index is 0.0783. The fraction of sp³-hybridized carbons (Fsp3) is 0.562. The van der Waals surface area contributed by atoms with E-state index in [1.807, 2.05) is 12.1 Å². The number of nitrogens with two attached hydrogens (primary N) is 1.